The summed E-state index contributed by atoms with van der Waals surface area (Å²) < 4.78 is 30.0. The summed E-state index contributed by atoms with van der Waals surface area (Å²) in [6.45, 7) is 0.349. The van der Waals surface area contributed by atoms with Crippen LogP contribution < -0.4 is 4.72 Å². The maximum absolute atomic E-state index is 11.5. The second kappa shape index (κ2) is 5.60. The SMILES string of the molecule is COCCCS(=O)(=O)NC(C(=O)O)C1CC1. The second-order valence-corrected chi connectivity index (χ2v) is 5.81. The summed E-state index contributed by atoms with van der Waals surface area (Å²) in [5.41, 5.74) is 0. The van der Waals surface area contributed by atoms with E-state index < -0.39 is 22.0 Å². The topological polar surface area (TPSA) is 92.7 Å². The molecule has 6 nitrogen and oxygen atoms in total. The van der Waals surface area contributed by atoms with Gasteiger partial charge in [0.2, 0.25) is 10.0 Å². The average molecular weight is 251 g/mol. The largest absolute Gasteiger partial charge is 0.480 e. The lowest BCUT2D eigenvalue weighted by atomic mass is 10.2. The lowest BCUT2D eigenvalue weighted by molar-refractivity contribution is -0.139. The third kappa shape index (κ3) is 4.46. The highest BCUT2D eigenvalue weighted by Gasteiger charge is 2.38. The molecule has 7 heteroatoms. The molecule has 0 aromatic heterocycles. The van der Waals surface area contributed by atoms with Gasteiger partial charge in [0.15, 0.2) is 0 Å². The Morgan fingerprint density at radius 1 is 1.56 bits per heavy atom. The third-order valence-electron chi connectivity index (χ3n) is 2.43. The summed E-state index contributed by atoms with van der Waals surface area (Å²) in [6, 6.07) is -0.965. The lowest BCUT2D eigenvalue weighted by Crippen LogP contribution is -2.43. The van der Waals surface area contributed by atoms with Crippen LogP contribution in [0.1, 0.15) is 19.3 Å². The third-order valence-corrected chi connectivity index (χ3v) is 3.87. The van der Waals surface area contributed by atoms with Crippen LogP contribution in [0, 0.1) is 5.92 Å². The van der Waals surface area contributed by atoms with Crippen molar-refractivity contribution in [2.45, 2.75) is 25.3 Å². The molecule has 0 aliphatic heterocycles. The Bertz CT molecular complexity index is 336. The lowest BCUT2D eigenvalue weighted by Gasteiger charge is -2.13. The molecule has 0 bridgehead atoms. The van der Waals surface area contributed by atoms with E-state index in [9.17, 15) is 13.2 Å². The van der Waals surface area contributed by atoms with Crippen LogP contribution in [-0.4, -0.2) is 45.0 Å². The zero-order chi connectivity index (χ0) is 12.2. The summed E-state index contributed by atoms with van der Waals surface area (Å²) in [5, 5.41) is 8.87. The van der Waals surface area contributed by atoms with Crippen molar-refractivity contribution in [1.29, 1.82) is 0 Å². The fourth-order valence-corrected chi connectivity index (χ4v) is 2.72. The molecule has 1 fully saturated rings. The van der Waals surface area contributed by atoms with Crippen LogP contribution in [0.5, 0.6) is 0 Å². The van der Waals surface area contributed by atoms with Crippen molar-refractivity contribution in [2.24, 2.45) is 5.92 Å². The van der Waals surface area contributed by atoms with Crippen LogP contribution in [0.15, 0.2) is 0 Å². The van der Waals surface area contributed by atoms with Crippen molar-refractivity contribution in [3.8, 4) is 0 Å². The first-order valence-electron chi connectivity index (χ1n) is 5.18. The maximum Gasteiger partial charge on any atom is 0.322 e. The number of methoxy groups -OCH3 is 1. The molecule has 0 saturated heterocycles. The average Bonchev–Trinajstić information content (AvgIpc) is 2.97. The van der Waals surface area contributed by atoms with E-state index in [2.05, 4.69) is 4.72 Å². The first-order chi connectivity index (χ1) is 7.46. The summed E-state index contributed by atoms with van der Waals surface area (Å²) in [5.74, 6) is -1.25. The molecule has 0 amide bonds. The molecule has 94 valence electrons. The normalized spacial score (nSPS) is 18.3. The molecule has 1 aliphatic rings. The minimum absolute atomic E-state index is 0.0466. The van der Waals surface area contributed by atoms with E-state index in [0.29, 0.717) is 13.0 Å². The van der Waals surface area contributed by atoms with Gasteiger partial charge in [0.1, 0.15) is 6.04 Å². The van der Waals surface area contributed by atoms with Gasteiger partial charge in [-0.15, -0.1) is 0 Å². The molecule has 1 saturated carbocycles. The molecular formula is C9H17NO5S. The highest BCUT2D eigenvalue weighted by atomic mass is 32.2. The molecule has 0 radical (unpaired) electrons. The predicted molar refractivity (Wildman–Crippen MR) is 57.6 cm³/mol. The smallest absolute Gasteiger partial charge is 0.322 e. The van der Waals surface area contributed by atoms with Crippen LogP contribution in [0.4, 0.5) is 0 Å². The summed E-state index contributed by atoms with van der Waals surface area (Å²) in [6.07, 6.45) is 1.91. The number of carbonyl (C=O) groups is 1. The number of carboxylic acids is 1. The quantitative estimate of drug-likeness (QED) is 0.583. The summed E-state index contributed by atoms with van der Waals surface area (Å²) in [7, 11) is -2.02. The van der Waals surface area contributed by atoms with Crippen molar-refractivity contribution in [3.05, 3.63) is 0 Å². The Balaban J connectivity index is 2.46. The molecule has 0 heterocycles. The molecule has 0 spiro atoms. The monoisotopic (exact) mass is 251 g/mol. The van der Waals surface area contributed by atoms with E-state index in [-0.39, 0.29) is 11.7 Å². The van der Waals surface area contributed by atoms with Crippen LogP contribution in [0.2, 0.25) is 0 Å². The Kier molecular flexibility index (Phi) is 4.69. The summed E-state index contributed by atoms with van der Waals surface area (Å²) in [4.78, 5) is 10.8. The number of ether oxygens (including phenoxy) is 1. The number of sulfonamides is 1. The van der Waals surface area contributed by atoms with E-state index >= 15 is 0 Å². The van der Waals surface area contributed by atoms with Crippen molar-refractivity contribution in [2.75, 3.05) is 19.5 Å². The van der Waals surface area contributed by atoms with E-state index in [1.165, 1.54) is 7.11 Å². The van der Waals surface area contributed by atoms with Gasteiger partial charge < -0.3 is 9.84 Å². The van der Waals surface area contributed by atoms with Crippen LogP contribution in [0.3, 0.4) is 0 Å². The van der Waals surface area contributed by atoms with Crippen molar-refractivity contribution < 1.29 is 23.1 Å². The van der Waals surface area contributed by atoms with Gasteiger partial charge in [0, 0.05) is 13.7 Å². The highest BCUT2D eigenvalue weighted by molar-refractivity contribution is 7.89. The van der Waals surface area contributed by atoms with E-state index in [1.54, 1.807) is 0 Å². The van der Waals surface area contributed by atoms with Gasteiger partial charge in [-0.25, -0.2) is 13.1 Å². The molecule has 0 aromatic rings. The van der Waals surface area contributed by atoms with Crippen LogP contribution >= 0.6 is 0 Å². The first-order valence-corrected chi connectivity index (χ1v) is 6.83. The Labute approximate surface area is 95.0 Å². The molecule has 2 N–H and O–H groups in total. The zero-order valence-corrected chi connectivity index (χ0v) is 10.00. The van der Waals surface area contributed by atoms with Gasteiger partial charge in [0.25, 0.3) is 0 Å². The minimum Gasteiger partial charge on any atom is -0.480 e. The molecule has 1 unspecified atom stereocenters. The van der Waals surface area contributed by atoms with Gasteiger partial charge in [-0.2, -0.15) is 0 Å². The number of hydrogen-bond acceptors (Lipinski definition) is 4. The van der Waals surface area contributed by atoms with Crippen molar-refractivity contribution >= 4 is 16.0 Å². The number of nitrogens with one attached hydrogen (secondary N) is 1. The van der Waals surface area contributed by atoms with Crippen LogP contribution in [0.25, 0.3) is 0 Å². The Morgan fingerprint density at radius 2 is 2.19 bits per heavy atom. The number of carboxylic acid groups (broad SMARTS) is 1. The van der Waals surface area contributed by atoms with E-state index in [1.807, 2.05) is 0 Å². The van der Waals surface area contributed by atoms with Gasteiger partial charge in [-0.3, -0.25) is 4.79 Å². The van der Waals surface area contributed by atoms with Gasteiger partial charge in [0.05, 0.1) is 5.75 Å². The standard InChI is InChI=1S/C9H17NO5S/c1-15-5-2-6-16(13,14)10-8(9(11)12)7-3-4-7/h7-8,10H,2-6H2,1H3,(H,11,12). The van der Waals surface area contributed by atoms with Gasteiger partial charge >= 0.3 is 5.97 Å². The number of rotatable bonds is 8. The van der Waals surface area contributed by atoms with Crippen LogP contribution in [-0.2, 0) is 19.6 Å². The number of aliphatic carboxylic acids is 1. The van der Waals surface area contributed by atoms with Crippen molar-refractivity contribution in [3.63, 3.8) is 0 Å². The number of hydrogen-bond donors (Lipinski definition) is 2. The predicted octanol–water partition coefficient (Wildman–Crippen LogP) is -0.194. The van der Waals surface area contributed by atoms with Gasteiger partial charge in [-0.05, 0) is 25.2 Å². The zero-order valence-electron chi connectivity index (χ0n) is 9.18. The van der Waals surface area contributed by atoms with E-state index in [0.717, 1.165) is 12.8 Å². The Morgan fingerprint density at radius 3 is 2.62 bits per heavy atom. The fourth-order valence-electron chi connectivity index (χ4n) is 1.42. The Hall–Kier alpha value is -0.660. The maximum atomic E-state index is 11.5. The molecule has 1 atom stereocenters. The molecule has 0 aromatic carbocycles. The molecule has 16 heavy (non-hydrogen) atoms. The van der Waals surface area contributed by atoms with E-state index in [4.69, 9.17) is 9.84 Å². The van der Waals surface area contributed by atoms with Gasteiger partial charge in [-0.1, -0.05) is 0 Å². The second-order valence-electron chi connectivity index (χ2n) is 3.94. The summed E-state index contributed by atoms with van der Waals surface area (Å²) >= 11 is 0. The molecule has 1 rings (SSSR count). The highest BCUT2D eigenvalue weighted by Crippen LogP contribution is 2.33. The van der Waals surface area contributed by atoms with Crippen molar-refractivity contribution in [1.82, 2.24) is 4.72 Å². The molecule has 1 aliphatic carbocycles. The minimum atomic E-state index is -3.51. The first kappa shape index (κ1) is 13.4. The fraction of sp³-hybridized carbons (Fsp3) is 0.889. The molecular weight excluding hydrogens is 234 g/mol.